The minimum Gasteiger partial charge on any atom is -0.377 e. The number of hydrogen-bond acceptors (Lipinski definition) is 5. The molecule has 0 aliphatic carbocycles. The van der Waals surface area contributed by atoms with Crippen molar-refractivity contribution in [2.24, 2.45) is 5.92 Å². The predicted molar refractivity (Wildman–Crippen MR) is 84.8 cm³/mol. The van der Waals surface area contributed by atoms with Crippen LogP contribution in [0.3, 0.4) is 0 Å². The molecule has 6 heteroatoms. The number of ether oxygens (including phenoxy) is 3. The number of carbonyl (C=O) groups excluding carboxylic acids is 2. The average molecular weight is 317 g/mol. The molecule has 130 valence electrons. The van der Waals surface area contributed by atoms with Crippen LogP contribution in [0.25, 0.3) is 0 Å². The van der Waals surface area contributed by atoms with Crippen LogP contribution in [-0.2, 0) is 23.8 Å². The zero-order valence-corrected chi connectivity index (χ0v) is 14.4. The summed E-state index contributed by atoms with van der Waals surface area (Å²) < 4.78 is 16.0. The summed E-state index contributed by atoms with van der Waals surface area (Å²) in [4.78, 5) is 22.9. The molecule has 0 heterocycles. The molecular formula is C16H31NO5. The second kappa shape index (κ2) is 13.7. The zero-order valence-electron chi connectivity index (χ0n) is 14.4. The minimum absolute atomic E-state index is 0.0120. The highest BCUT2D eigenvalue weighted by molar-refractivity contribution is 5.85. The van der Waals surface area contributed by atoms with Crippen molar-refractivity contribution in [1.82, 2.24) is 5.32 Å². The Bertz CT molecular complexity index is 305. The normalized spacial score (nSPS) is 11.2. The minimum atomic E-state index is -0.111. The molecule has 0 fully saturated rings. The molecule has 0 atom stereocenters. The lowest BCUT2D eigenvalue weighted by molar-refractivity contribution is -0.126. The van der Waals surface area contributed by atoms with Crippen molar-refractivity contribution in [3.8, 4) is 0 Å². The maximum Gasteiger partial charge on any atom is 0.220 e. The van der Waals surface area contributed by atoms with Crippen molar-refractivity contribution in [3.63, 3.8) is 0 Å². The van der Waals surface area contributed by atoms with E-state index in [1.807, 2.05) is 27.7 Å². The first kappa shape index (κ1) is 21.0. The number of rotatable bonds is 14. The molecule has 0 saturated heterocycles. The van der Waals surface area contributed by atoms with E-state index in [1.54, 1.807) is 0 Å². The van der Waals surface area contributed by atoms with Crippen LogP contribution < -0.4 is 5.32 Å². The first-order valence-electron chi connectivity index (χ1n) is 8.00. The number of nitrogens with one attached hydrogen (secondary N) is 1. The van der Waals surface area contributed by atoms with Gasteiger partial charge in [0.05, 0.1) is 39.1 Å². The zero-order chi connectivity index (χ0) is 16.8. The van der Waals surface area contributed by atoms with Gasteiger partial charge in [0.1, 0.15) is 5.78 Å². The fourth-order valence-corrected chi connectivity index (χ4v) is 1.54. The molecule has 0 rings (SSSR count). The van der Waals surface area contributed by atoms with Crippen LogP contribution in [0.15, 0.2) is 0 Å². The number of carbonyl (C=O) groups is 2. The van der Waals surface area contributed by atoms with E-state index in [-0.39, 0.29) is 30.1 Å². The van der Waals surface area contributed by atoms with Crippen molar-refractivity contribution in [3.05, 3.63) is 0 Å². The van der Waals surface area contributed by atoms with E-state index in [1.165, 1.54) is 0 Å². The molecule has 0 aromatic rings. The lowest BCUT2D eigenvalue weighted by Gasteiger charge is -2.09. The first-order valence-corrected chi connectivity index (χ1v) is 8.00. The summed E-state index contributed by atoms with van der Waals surface area (Å²) in [5.74, 6) is -0.00764. The van der Waals surface area contributed by atoms with Crippen LogP contribution in [0, 0.1) is 5.92 Å². The maximum absolute atomic E-state index is 11.5. The summed E-state index contributed by atoms with van der Waals surface area (Å²) in [5, 5.41) is 2.72. The van der Waals surface area contributed by atoms with Crippen molar-refractivity contribution in [1.29, 1.82) is 0 Å². The summed E-state index contributed by atoms with van der Waals surface area (Å²) in [6, 6.07) is 0. The van der Waals surface area contributed by atoms with E-state index in [0.29, 0.717) is 46.0 Å². The molecule has 1 amide bonds. The third-order valence-corrected chi connectivity index (χ3v) is 2.86. The molecular weight excluding hydrogens is 286 g/mol. The summed E-state index contributed by atoms with van der Waals surface area (Å²) >= 11 is 0. The van der Waals surface area contributed by atoms with Gasteiger partial charge in [-0.1, -0.05) is 13.8 Å². The average Bonchev–Trinajstić information content (AvgIpc) is 2.46. The molecule has 22 heavy (non-hydrogen) atoms. The Balaban J connectivity index is 3.28. The molecule has 6 nitrogen and oxygen atoms in total. The predicted octanol–water partition coefficient (Wildman–Crippen LogP) is 1.57. The molecule has 1 N–H and O–H groups in total. The number of ketones is 1. The number of Topliss-reactive ketones (excluding diaryl/α,β-unsaturated/α-hetero) is 1. The first-order chi connectivity index (χ1) is 10.4. The largest absolute Gasteiger partial charge is 0.377 e. The Morgan fingerprint density at radius 1 is 0.864 bits per heavy atom. The van der Waals surface area contributed by atoms with E-state index in [4.69, 9.17) is 14.2 Å². The topological polar surface area (TPSA) is 73.9 Å². The van der Waals surface area contributed by atoms with Gasteiger partial charge in [-0.25, -0.2) is 0 Å². The smallest absolute Gasteiger partial charge is 0.220 e. The van der Waals surface area contributed by atoms with Gasteiger partial charge in [0.25, 0.3) is 0 Å². The molecule has 0 aliphatic heterocycles. The van der Waals surface area contributed by atoms with E-state index in [9.17, 15) is 9.59 Å². The summed E-state index contributed by atoms with van der Waals surface area (Å²) in [6.45, 7) is 10.7. The second-order valence-electron chi connectivity index (χ2n) is 5.62. The van der Waals surface area contributed by atoms with Gasteiger partial charge >= 0.3 is 0 Å². The molecule has 0 bridgehead atoms. The van der Waals surface area contributed by atoms with Gasteiger partial charge in [-0.2, -0.15) is 0 Å². The molecule has 0 unspecified atom stereocenters. The van der Waals surface area contributed by atoms with Gasteiger partial charge in [0.15, 0.2) is 0 Å². The van der Waals surface area contributed by atoms with E-state index < -0.39 is 0 Å². The Hall–Kier alpha value is -0.980. The Kier molecular flexibility index (Phi) is 13.1. The fraction of sp³-hybridized carbons (Fsp3) is 0.875. The molecule has 0 saturated carbocycles. The highest BCUT2D eigenvalue weighted by Crippen LogP contribution is 2.01. The molecule has 0 spiro atoms. The Morgan fingerprint density at radius 2 is 1.45 bits per heavy atom. The Morgan fingerprint density at radius 3 is 2.05 bits per heavy atom. The monoisotopic (exact) mass is 317 g/mol. The van der Waals surface area contributed by atoms with Crippen LogP contribution in [0.1, 0.15) is 40.5 Å². The third kappa shape index (κ3) is 14.0. The number of hydrogen-bond donors (Lipinski definition) is 1. The molecule has 0 aliphatic rings. The molecule has 0 radical (unpaired) electrons. The van der Waals surface area contributed by atoms with Gasteiger partial charge in [-0.3, -0.25) is 9.59 Å². The highest BCUT2D eigenvalue weighted by atomic mass is 16.5. The molecule has 0 aromatic carbocycles. The number of amides is 1. The highest BCUT2D eigenvalue weighted by Gasteiger charge is 2.09. The van der Waals surface area contributed by atoms with E-state index in [2.05, 4.69) is 5.32 Å². The van der Waals surface area contributed by atoms with Gasteiger partial charge in [0.2, 0.25) is 5.91 Å². The van der Waals surface area contributed by atoms with Crippen LogP contribution in [0.5, 0.6) is 0 Å². The lowest BCUT2D eigenvalue weighted by atomic mass is 10.0. The second-order valence-corrected chi connectivity index (χ2v) is 5.62. The molecule has 0 aromatic heterocycles. The van der Waals surface area contributed by atoms with Crippen LogP contribution >= 0.6 is 0 Å². The standard InChI is InChI=1S/C16H31NO5/c1-13(2)15(18)5-6-16(19)17-7-8-20-9-10-21-11-12-22-14(3)4/h13-14H,5-12H2,1-4H3,(H,17,19). The van der Waals surface area contributed by atoms with Crippen molar-refractivity contribution in [2.45, 2.75) is 46.6 Å². The van der Waals surface area contributed by atoms with Gasteiger partial charge < -0.3 is 19.5 Å². The van der Waals surface area contributed by atoms with E-state index in [0.717, 1.165) is 0 Å². The maximum atomic E-state index is 11.5. The van der Waals surface area contributed by atoms with Gasteiger partial charge in [-0.05, 0) is 13.8 Å². The van der Waals surface area contributed by atoms with Crippen molar-refractivity contribution < 1.29 is 23.8 Å². The van der Waals surface area contributed by atoms with Crippen LogP contribution in [-0.4, -0.2) is 57.4 Å². The van der Waals surface area contributed by atoms with Gasteiger partial charge in [-0.15, -0.1) is 0 Å². The van der Waals surface area contributed by atoms with Crippen LogP contribution in [0.4, 0.5) is 0 Å². The quantitative estimate of drug-likeness (QED) is 0.492. The summed E-state index contributed by atoms with van der Waals surface area (Å²) in [7, 11) is 0. The van der Waals surface area contributed by atoms with Crippen molar-refractivity contribution in [2.75, 3.05) is 39.6 Å². The fourth-order valence-electron chi connectivity index (χ4n) is 1.54. The van der Waals surface area contributed by atoms with E-state index >= 15 is 0 Å². The van der Waals surface area contributed by atoms with Crippen molar-refractivity contribution >= 4 is 11.7 Å². The summed E-state index contributed by atoms with van der Waals surface area (Å²) in [6.07, 6.45) is 0.770. The Labute approximate surface area is 133 Å². The third-order valence-electron chi connectivity index (χ3n) is 2.86. The van der Waals surface area contributed by atoms with Crippen LogP contribution in [0.2, 0.25) is 0 Å². The summed E-state index contributed by atoms with van der Waals surface area (Å²) in [5.41, 5.74) is 0. The SMILES string of the molecule is CC(C)OCCOCCOCCNC(=O)CCC(=O)C(C)C. The van der Waals surface area contributed by atoms with Gasteiger partial charge in [0, 0.05) is 25.3 Å². The lowest BCUT2D eigenvalue weighted by Crippen LogP contribution is -2.28.